The van der Waals surface area contributed by atoms with Crippen LogP contribution in [0.15, 0.2) is 6.33 Å². The Kier molecular flexibility index (Phi) is 2.47. The first-order valence-electron chi connectivity index (χ1n) is 7.57. The number of aromatic nitrogens is 2. The standard InChI is InChI=1S/C15H21N3O/c19-14(18-15-5-3-10(8-15)4-6-15)11-1-2-12-13(7-11)17-9-16-12/h9-11H,1-8H2,(H,16,17)(H,18,19). The molecule has 4 heteroatoms. The van der Waals surface area contributed by atoms with Gasteiger partial charge in [-0.25, -0.2) is 4.98 Å². The highest BCUT2D eigenvalue weighted by Gasteiger charge is 2.46. The van der Waals surface area contributed by atoms with Crippen LogP contribution in [0.25, 0.3) is 0 Å². The van der Waals surface area contributed by atoms with Crippen LogP contribution in [0.5, 0.6) is 0 Å². The second-order valence-corrected chi connectivity index (χ2v) is 6.68. The number of amides is 1. The number of aryl methyl sites for hydroxylation is 1. The molecule has 0 aliphatic heterocycles. The lowest BCUT2D eigenvalue weighted by Crippen LogP contribution is -2.48. The van der Waals surface area contributed by atoms with Crippen molar-refractivity contribution in [2.24, 2.45) is 11.8 Å². The first kappa shape index (κ1) is 11.5. The zero-order valence-electron chi connectivity index (χ0n) is 11.2. The second-order valence-electron chi connectivity index (χ2n) is 6.68. The minimum absolute atomic E-state index is 0.129. The number of H-pyrrole nitrogens is 1. The molecular formula is C15H21N3O. The van der Waals surface area contributed by atoms with E-state index >= 15 is 0 Å². The van der Waals surface area contributed by atoms with E-state index in [0.29, 0.717) is 0 Å². The van der Waals surface area contributed by atoms with E-state index in [1.165, 1.54) is 37.8 Å². The van der Waals surface area contributed by atoms with Crippen molar-refractivity contribution in [3.63, 3.8) is 0 Å². The maximum atomic E-state index is 12.5. The topological polar surface area (TPSA) is 57.8 Å². The number of rotatable bonds is 2. The van der Waals surface area contributed by atoms with Crippen molar-refractivity contribution in [3.05, 3.63) is 17.7 Å². The lowest BCUT2D eigenvalue weighted by molar-refractivity contribution is -0.127. The van der Waals surface area contributed by atoms with Crippen LogP contribution in [0.3, 0.4) is 0 Å². The Morgan fingerprint density at radius 3 is 2.95 bits per heavy atom. The molecule has 1 heterocycles. The van der Waals surface area contributed by atoms with E-state index in [1.807, 2.05) is 0 Å². The van der Waals surface area contributed by atoms with Crippen LogP contribution in [-0.2, 0) is 17.6 Å². The Hall–Kier alpha value is -1.32. The van der Waals surface area contributed by atoms with Crippen LogP contribution in [0, 0.1) is 11.8 Å². The van der Waals surface area contributed by atoms with Crippen LogP contribution < -0.4 is 5.32 Å². The van der Waals surface area contributed by atoms with Gasteiger partial charge in [0.05, 0.1) is 12.0 Å². The molecule has 102 valence electrons. The zero-order chi connectivity index (χ0) is 12.9. The van der Waals surface area contributed by atoms with E-state index in [9.17, 15) is 4.79 Å². The number of nitrogens with zero attached hydrogens (tertiary/aromatic N) is 1. The lowest BCUT2D eigenvalue weighted by Gasteiger charge is -2.31. The van der Waals surface area contributed by atoms with Crippen molar-refractivity contribution in [1.82, 2.24) is 15.3 Å². The van der Waals surface area contributed by atoms with Gasteiger partial charge in [-0.15, -0.1) is 0 Å². The van der Waals surface area contributed by atoms with Gasteiger partial charge in [0.25, 0.3) is 0 Å². The van der Waals surface area contributed by atoms with Gasteiger partial charge in [-0.1, -0.05) is 0 Å². The van der Waals surface area contributed by atoms with Crippen LogP contribution in [0.1, 0.15) is 49.9 Å². The molecule has 2 N–H and O–H groups in total. The predicted octanol–water partition coefficient (Wildman–Crippen LogP) is 1.96. The molecule has 1 aromatic rings. The van der Waals surface area contributed by atoms with Gasteiger partial charge in [-0.2, -0.15) is 0 Å². The highest BCUT2D eigenvalue weighted by atomic mass is 16.2. The van der Waals surface area contributed by atoms with Crippen LogP contribution in [0.4, 0.5) is 0 Å². The predicted molar refractivity (Wildman–Crippen MR) is 71.6 cm³/mol. The molecule has 4 rings (SSSR count). The molecule has 0 saturated heterocycles. The van der Waals surface area contributed by atoms with Crippen molar-refractivity contribution < 1.29 is 4.79 Å². The fourth-order valence-electron chi connectivity index (χ4n) is 4.35. The molecule has 3 aliphatic carbocycles. The number of carbonyl (C=O) groups excluding carboxylic acids is 1. The van der Waals surface area contributed by atoms with Crippen LogP contribution in [-0.4, -0.2) is 21.4 Å². The minimum atomic E-state index is 0.129. The second kappa shape index (κ2) is 4.09. The average molecular weight is 259 g/mol. The lowest BCUT2D eigenvalue weighted by atomic mass is 9.87. The quantitative estimate of drug-likeness (QED) is 0.853. The molecule has 0 radical (unpaired) electrons. The van der Waals surface area contributed by atoms with Crippen LogP contribution >= 0.6 is 0 Å². The van der Waals surface area contributed by atoms with Gasteiger partial charge in [0.2, 0.25) is 5.91 Å². The molecule has 3 aliphatic rings. The van der Waals surface area contributed by atoms with E-state index in [4.69, 9.17) is 0 Å². The fraction of sp³-hybridized carbons (Fsp3) is 0.733. The van der Waals surface area contributed by atoms with Crippen LogP contribution in [0.2, 0.25) is 0 Å². The van der Waals surface area contributed by atoms with E-state index in [-0.39, 0.29) is 17.4 Å². The first-order valence-corrected chi connectivity index (χ1v) is 7.57. The summed E-state index contributed by atoms with van der Waals surface area (Å²) >= 11 is 0. The van der Waals surface area contributed by atoms with Crippen molar-refractivity contribution in [1.29, 1.82) is 0 Å². The summed E-state index contributed by atoms with van der Waals surface area (Å²) in [4.78, 5) is 20.0. The van der Waals surface area contributed by atoms with Gasteiger partial charge in [-0.3, -0.25) is 4.79 Å². The van der Waals surface area contributed by atoms with Gasteiger partial charge in [0, 0.05) is 23.6 Å². The molecule has 1 amide bonds. The Morgan fingerprint density at radius 1 is 1.37 bits per heavy atom. The first-order chi connectivity index (χ1) is 9.24. The summed E-state index contributed by atoms with van der Waals surface area (Å²) in [5, 5.41) is 3.40. The van der Waals surface area contributed by atoms with Crippen molar-refractivity contribution in [3.8, 4) is 0 Å². The number of imidazole rings is 1. The van der Waals surface area contributed by atoms with Gasteiger partial charge in [0.1, 0.15) is 0 Å². The Bertz CT molecular complexity index is 499. The number of aromatic amines is 1. The van der Waals surface area contributed by atoms with E-state index < -0.39 is 0 Å². The van der Waals surface area contributed by atoms with E-state index in [1.54, 1.807) is 6.33 Å². The molecule has 0 aromatic carbocycles. The Labute approximate surface area is 113 Å². The molecule has 1 aromatic heterocycles. The number of hydrogen-bond donors (Lipinski definition) is 2. The van der Waals surface area contributed by atoms with Crippen molar-refractivity contribution in [2.75, 3.05) is 0 Å². The van der Waals surface area contributed by atoms with E-state index in [0.717, 1.165) is 30.9 Å². The molecule has 2 fully saturated rings. The van der Waals surface area contributed by atoms with Crippen molar-refractivity contribution in [2.45, 2.75) is 56.9 Å². The molecule has 19 heavy (non-hydrogen) atoms. The molecule has 0 spiro atoms. The molecule has 2 bridgehead atoms. The number of fused-ring (bicyclic) bond motifs is 3. The average Bonchev–Trinajstić information content (AvgIpc) is 3.12. The fourth-order valence-corrected chi connectivity index (χ4v) is 4.35. The highest BCUT2D eigenvalue weighted by Crippen LogP contribution is 2.47. The third-order valence-corrected chi connectivity index (χ3v) is 5.49. The summed E-state index contributed by atoms with van der Waals surface area (Å²) in [5.41, 5.74) is 2.48. The minimum Gasteiger partial charge on any atom is -0.350 e. The summed E-state index contributed by atoms with van der Waals surface area (Å²) in [5.74, 6) is 1.28. The maximum absolute atomic E-state index is 12.5. The summed E-state index contributed by atoms with van der Waals surface area (Å²) in [6.45, 7) is 0. The summed E-state index contributed by atoms with van der Waals surface area (Å²) < 4.78 is 0. The van der Waals surface area contributed by atoms with Gasteiger partial charge >= 0.3 is 0 Å². The van der Waals surface area contributed by atoms with Gasteiger partial charge < -0.3 is 10.3 Å². The summed E-state index contributed by atoms with van der Waals surface area (Å²) in [6.07, 6.45) is 10.7. The van der Waals surface area contributed by atoms with E-state index in [2.05, 4.69) is 15.3 Å². The normalized spacial score (nSPS) is 36.2. The molecule has 2 saturated carbocycles. The SMILES string of the molecule is O=C(NC12CCC(CC1)C2)C1CCc2[nH]cnc2C1. The smallest absolute Gasteiger partial charge is 0.223 e. The number of hydrogen-bond acceptors (Lipinski definition) is 2. The molecule has 1 atom stereocenters. The summed E-state index contributed by atoms with van der Waals surface area (Å²) in [6, 6.07) is 0. The molecule has 1 unspecified atom stereocenters. The van der Waals surface area contributed by atoms with Gasteiger partial charge in [0.15, 0.2) is 0 Å². The molecular weight excluding hydrogens is 238 g/mol. The number of carbonyl (C=O) groups is 1. The van der Waals surface area contributed by atoms with Crippen molar-refractivity contribution >= 4 is 5.91 Å². The zero-order valence-corrected chi connectivity index (χ0v) is 11.2. The summed E-state index contributed by atoms with van der Waals surface area (Å²) in [7, 11) is 0. The third kappa shape index (κ3) is 1.88. The Morgan fingerprint density at radius 2 is 2.21 bits per heavy atom. The monoisotopic (exact) mass is 259 g/mol. The Balaban J connectivity index is 1.44. The third-order valence-electron chi connectivity index (χ3n) is 5.49. The highest BCUT2D eigenvalue weighted by molar-refractivity contribution is 5.80. The maximum Gasteiger partial charge on any atom is 0.223 e. The van der Waals surface area contributed by atoms with Gasteiger partial charge in [-0.05, 0) is 50.9 Å². The number of nitrogens with one attached hydrogen (secondary N) is 2. The largest absolute Gasteiger partial charge is 0.350 e. The molecule has 4 nitrogen and oxygen atoms in total.